The zero-order chi connectivity index (χ0) is 14.2. The molecule has 0 aromatic heterocycles. The molecule has 19 heavy (non-hydrogen) atoms. The van der Waals surface area contributed by atoms with Crippen molar-refractivity contribution in [3.8, 4) is 0 Å². The first kappa shape index (κ1) is 13.9. The number of aliphatic carboxylic acids is 1. The van der Waals surface area contributed by atoms with E-state index in [1.54, 1.807) is 18.0 Å². The predicted octanol–water partition coefficient (Wildman–Crippen LogP) is 2.58. The molecule has 2 rings (SSSR count). The van der Waals surface area contributed by atoms with E-state index in [9.17, 15) is 9.59 Å². The van der Waals surface area contributed by atoms with Crippen molar-refractivity contribution in [1.29, 1.82) is 0 Å². The number of carbonyl (C=O) groups excluding carboxylic acids is 1. The van der Waals surface area contributed by atoms with E-state index in [0.29, 0.717) is 11.4 Å². The molecule has 0 radical (unpaired) electrons. The zero-order valence-electron chi connectivity index (χ0n) is 10.8. The Morgan fingerprint density at radius 3 is 2.53 bits per heavy atom. The van der Waals surface area contributed by atoms with Crippen molar-refractivity contribution in [2.24, 2.45) is 11.8 Å². The minimum absolute atomic E-state index is 0.125. The van der Waals surface area contributed by atoms with Crippen LogP contribution in [0.25, 0.3) is 0 Å². The van der Waals surface area contributed by atoms with Gasteiger partial charge < -0.3 is 10.0 Å². The normalized spacial score (nSPS) is 22.7. The smallest absolute Gasteiger partial charge is 0.307 e. The fraction of sp³-hybridized carbons (Fsp3) is 0.429. The molecular weight excluding hydrogens is 266 g/mol. The third-order valence-corrected chi connectivity index (χ3v) is 4.05. The first-order valence-corrected chi connectivity index (χ1v) is 6.55. The first-order valence-electron chi connectivity index (χ1n) is 6.17. The molecule has 1 aromatic rings. The predicted molar refractivity (Wildman–Crippen MR) is 71.9 cm³/mol. The van der Waals surface area contributed by atoms with Gasteiger partial charge in [0, 0.05) is 12.1 Å². The highest BCUT2D eigenvalue weighted by atomic mass is 35.5. The highest BCUT2D eigenvalue weighted by molar-refractivity contribution is 6.31. The lowest BCUT2D eigenvalue weighted by Crippen LogP contribution is -2.32. The van der Waals surface area contributed by atoms with Crippen LogP contribution in [0.1, 0.15) is 24.9 Å². The van der Waals surface area contributed by atoms with E-state index in [0.717, 1.165) is 5.56 Å². The Morgan fingerprint density at radius 2 is 2.00 bits per heavy atom. The van der Waals surface area contributed by atoms with Crippen molar-refractivity contribution in [1.82, 2.24) is 4.90 Å². The average molecular weight is 282 g/mol. The molecule has 0 bridgehead atoms. The molecule has 0 spiro atoms. The first-order chi connectivity index (χ1) is 8.93. The summed E-state index contributed by atoms with van der Waals surface area (Å²) in [6, 6.07) is 7.19. The second-order valence-corrected chi connectivity index (χ2v) is 5.34. The van der Waals surface area contributed by atoms with Gasteiger partial charge in [-0.3, -0.25) is 9.59 Å². The summed E-state index contributed by atoms with van der Waals surface area (Å²) in [5, 5.41) is 9.47. The maximum absolute atomic E-state index is 12.2. The third kappa shape index (κ3) is 2.73. The third-order valence-electron chi connectivity index (χ3n) is 3.71. The topological polar surface area (TPSA) is 57.6 Å². The molecule has 1 fully saturated rings. The Kier molecular flexibility index (Phi) is 3.80. The summed E-state index contributed by atoms with van der Waals surface area (Å²) in [4.78, 5) is 24.5. The van der Waals surface area contributed by atoms with Crippen LogP contribution in [0.3, 0.4) is 0 Å². The van der Waals surface area contributed by atoms with Gasteiger partial charge >= 0.3 is 5.97 Å². The van der Waals surface area contributed by atoms with Crippen LogP contribution in [0, 0.1) is 11.8 Å². The summed E-state index contributed by atoms with van der Waals surface area (Å²) in [6.45, 7) is 1.89. The van der Waals surface area contributed by atoms with Gasteiger partial charge in [0.1, 0.15) is 0 Å². The standard InChI is InChI=1S/C14H16ClNO3/c1-8(9-5-3-4-6-12(9)15)16(2)13(17)10-7-11(10)14(18)19/h3-6,8,10-11H,7H2,1-2H3,(H,18,19)/t8?,10-,11+/m1/s1. The number of nitrogens with zero attached hydrogens (tertiary/aromatic N) is 1. The lowest BCUT2D eigenvalue weighted by molar-refractivity contribution is -0.142. The van der Waals surface area contributed by atoms with Gasteiger partial charge in [-0.1, -0.05) is 29.8 Å². The van der Waals surface area contributed by atoms with Crippen molar-refractivity contribution < 1.29 is 14.7 Å². The maximum Gasteiger partial charge on any atom is 0.307 e. The Hall–Kier alpha value is -1.55. The number of hydrogen-bond acceptors (Lipinski definition) is 2. The molecule has 1 amide bonds. The van der Waals surface area contributed by atoms with Gasteiger partial charge in [-0.2, -0.15) is 0 Å². The second-order valence-electron chi connectivity index (χ2n) is 4.93. The largest absolute Gasteiger partial charge is 0.481 e. The van der Waals surface area contributed by atoms with Crippen molar-refractivity contribution in [2.75, 3.05) is 7.05 Å². The summed E-state index contributed by atoms with van der Waals surface area (Å²) in [7, 11) is 1.69. The van der Waals surface area contributed by atoms with Gasteiger partial charge in [0.05, 0.1) is 17.9 Å². The number of halogens is 1. The van der Waals surface area contributed by atoms with E-state index in [-0.39, 0.29) is 17.9 Å². The van der Waals surface area contributed by atoms with Crippen LogP contribution in [0.4, 0.5) is 0 Å². The van der Waals surface area contributed by atoms with Crippen LogP contribution >= 0.6 is 11.6 Å². The number of carboxylic acids is 1. The molecule has 5 heteroatoms. The Labute approximate surface area is 117 Å². The Bertz CT molecular complexity index is 517. The van der Waals surface area contributed by atoms with Crippen molar-refractivity contribution in [3.63, 3.8) is 0 Å². The molecular formula is C14H16ClNO3. The van der Waals surface area contributed by atoms with Gasteiger partial charge in [-0.15, -0.1) is 0 Å². The molecule has 4 nitrogen and oxygen atoms in total. The Balaban J connectivity index is 2.08. The number of carbonyl (C=O) groups is 2. The molecule has 1 aliphatic carbocycles. The molecule has 102 valence electrons. The van der Waals surface area contributed by atoms with E-state index < -0.39 is 11.9 Å². The lowest BCUT2D eigenvalue weighted by atomic mass is 10.1. The van der Waals surface area contributed by atoms with Crippen LogP contribution in [0.5, 0.6) is 0 Å². The fourth-order valence-corrected chi connectivity index (χ4v) is 2.51. The van der Waals surface area contributed by atoms with Crippen molar-refractivity contribution in [2.45, 2.75) is 19.4 Å². The van der Waals surface area contributed by atoms with Gasteiger partial charge in [0.25, 0.3) is 0 Å². The molecule has 1 unspecified atom stereocenters. The minimum atomic E-state index is -0.892. The maximum atomic E-state index is 12.2. The van der Waals surface area contributed by atoms with Crippen LogP contribution < -0.4 is 0 Å². The monoisotopic (exact) mass is 281 g/mol. The van der Waals surface area contributed by atoms with Gasteiger partial charge in [-0.05, 0) is 25.0 Å². The molecule has 0 aliphatic heterocycles. The number of carboxylic acid groups (broad SMARTS) is 1. The quantitative estimate of drug-likeness (QED) is 0.923. The van der Waals surface area contributed by atoms with E-state index in [2.05, 4.69) is 0 Å². The molecule has 1 N–H and O–H groups in total. The highest BCUT2D eigenvalue weighted by Crippen LogP contribution is 2.41. The van der Waals surface area contributed by atoms with Gasteiger partial charge in [0.15, 0.2) is 0 Å². The fourth-order valence-electron chi connectivity index (χ4n) is 2.22. The lowest BCUT2D eigenvalue weighted by Gasteiger charge is -2.26. The molecule has 0 saturated heterocycles. The Morgan fingerprint density at radius 1 is 1.37 bits per heavy atom. The van der Waals surface area contributed by atoms with Gasteiger partial charge in [-0.25, -0.2) is 0 Å². The number of hydrogen-bond donors (Lipinski definition) is 1. The number of amides is 1. The average Bonchev–Trinajstić information content (AvgIpc) is 3.17. The second kappa shape index (κ2) is 5.21. The van der Waals surface area contributed by atoms with Crippen LogP contribution in [0.2, 0.25) is 5.02 Å². The van der Waals surface area contributed by atoms with Gasteiger partial charge in [0.2, 0.25) is 5.91 Å². The molecule has 3 atom stereocenters. The highest BCUT2D eigenvalue weighted by Gasteiger charge is 2.49. The van der Waals surface area contributed by atoms with Crippen LogP contribution in [0.15, 0.2) is 24.3 Å². The molecule has 0 heterocycles. The van der Waals surface area contributed by atoms with E-state index in [4.69, 9.17) is 16.7 Å². The summed E-state index contributed by atoms with van der Waals surface area (Å²) >= 11 is 6.11. The van der Waals surface area contributed by atoms with Crippen molar-refractivity contribution in [3.05, 3.63) is 34.9 Å². The van der Waals surface area contributed by atoms with E-state index in [1.807, 2.05) is 25.1 Å². The minimum Gasteiger partial charge on any atom is -0.481 e. The van der Waals surface area contributed by atoms with E-state index >= 15 is 0 Å². The molecule has 1 aliphatic rings. The number of rotatable bonds is 4. The zero-order valence-corrected chi connectivity index (χ0v) is 11.6. The van der Waals surface area contributed by atoms with Crippen LogP contribution in [-0.4, -0.2) is 28.9 Å². The van der Waals surface area contributed by atoms with E-state index in [1.165, 1.54) is 0 Å². The summed E-state index contributed by atoms with van der Waals surface area (Å²) in [6.07, 6.45) is 0.438. The SMILES string of the molecule is CC(c1ccccc1Cl)N(C)C(=O)[C@@H]1C[C@@H]1C(=O)O. The van der Waals surface area contributed by atoms with Crippen LogP contribution in [-0.2, 0) is 9.59 Å². The van der Waals surface area contributed by atoms with Crippen molar-refractivity contribution >= 4 is 23.5 Å². The molecule has 1 aromatic carbocycles. The summed E-state index contributed by atoms with van der Waals surface area (Å²) in [5.74, 6) is -1.92. The molecule has 1 saturated carbocycles. The summed E-state index contributed by atoms with van der Waals surface area (Å²) in [5.41, 5.74) is 0.868. The summed E-state index contributed by atoms with van der Waals surface area (Å²) < 4.78 is 0. The number of benzene rings is 1.